The zero-order chi connectivity index (χ0) is 15.6. The first-order chi connectivity index (χ1) is 9.95. The number of carbonyl (C=O) groups is 2. The van der Waals surface area contributed by atoms with Gasteiger partial charge in [0.25, 0.3) is 5.91 Å². The summed E-state index contributed by atoms with van der Waals surface area (Å²) in [7, 11) is 3.01. The molecule has 1 heterocycles. The van der Waals surface area contributed by atoms with E-state index < -0.39 is 17.9 Å². The van der Waals surface area contributed by atoms with Gasteiger partial charge in [-0.3, -0.25) is 9.59 Å². The molecule has 1 aliphatic heterocycles. The average Bonchev–Trinajstić information content (AvgIpc) is 2.95. The Hall–Kier alpha value is -1.79. The summed E-state index contributed by atoms with van der Waals surface area (Å²) >= 11 is 5.87. The summed E-state index contributed by atoms with van der Waals surface area (Å²) in [5.41, 5.74) is 0.334. The van der Waals surface area contributed by atoms with E-state index in [4.69, 9.17) is 26.2 Å². The minimum Gasteiger partial charge on any atom is -0.496 e. The van der Waals surface area contributed by atoms with Crippen LogP contribution in [0.2, 0.25) is 5.02 Å². The van der Waals surface area contributed by atoms with Crippen LogP contribution in [0.4, 0.5) is 0 Å². The molecule has 114 valence electrons. The van der Waals surface area contributed by atoms with Crippen LogP contribution in [0.1, 0.15) is 10.4 Å². The predicted molar refractivity (Wildman–Crippen MR) is 75.8 cm³/mol. The standard InChI is InChI=1S/C14H16ClNO5/c1-16(11-7-21-6-10(11)14(18)19)13(17)9-4-3-8(15)5-12(9)20-2/h3-5,10-11H,6-7H2,1-2H3,(H,18,19). The average molecular weight is 314 g/mol. The smallest absolute Gasteiger partial charge is 0.311 e. The molecule has 6 nitrogen and oxygen atoms in total. The van der Waals surface area contributed by atoms with Crippen molar-refractivity contribution in [1.82, 2.24) is 4.90 Å². The number of hydrogen-bond donors (Lipinski definition) is 1. The second-order valence-corrected chi connectivity index (χ2v) is 5.25. The molecular formula is C14H16ClNO5. The van der Waals surface area contributed by atoms with E-state index in [1.807, 2.05) is 0 Å². The van der Waals surface area contributed by atoms with Gasteiger partial charge in [0, 0.05) is 12.1 Å². The quantitative estimate of drug-likeness (QED) is 0.912. The van der Waals surface area contributed by atoms with Gasteiger partial charge in [-0.1, -0.05) is 11.6 Å². The van der Waals surface area contributed by atoms with Crippen LogP contribution in [0, 0.1) is 5.92 Å². The van der Waals surface area contributed by atoms with Crippen LogP contribution in [0.3, 0.4) is 0 Å². The van der Waals surface area contributed by atoms with Crippen LogP contribution < -0.4 is 4.74 Å². The number of amides is 1. The van der Waals surface area contributed by atoms with Gasteiger partial charge in [-0.25, -0.2) is 0 Å². The molecule has 1 aliphatic rings. The van der Waals surface area contributed by atoms with E-state index in [1.54, 1.807) is 25.2 Å². The summed E-state index contributed by atoms with van der Waals surface area (Å²) in [6.45, 7) is 0.310. The second kappa shape index (κ2) is 6.32. The van der Waals surface area contributed by atoms with Crippen molar-refractivity contribution < 1.29 is 24.2 Å². The highest BCUT2D eigenvalue weighted by molar-refractivity contribution is 6.30. The molecule has 0 radical (unpaired) electrons. The number of rotatable bonds is 4. The fourth-order valence-electron chi connectivity index (χ4n) is 2.34. The van der Waals surface area contributed by atoms with E-state index in [0.717, 1.165) is 0 Å². The van der Waals surface area contributed by atoms with E-state index in [0.29, 0.717) is 16.3 Å². The van der Waals surface area contributed by atoms with Gasteiger partial charge in [0.2, 0.25) is 0 Å². The fraction of sp³-hybridized carbons (Fsp3) is 0.429. The Labute approximate surface area is 127 Å². The third-order valence-electron chi connectivity index (χ3n) is 3.58. The summed E-state index contributed by atoms with van der Waals surface area (Å²) in [6, 6.07) is 4.19. The SMILES string of the molecule is COc1cc(Cl)ccc1C(=O)N(C)C1COCC1C(=O)O. The third-order valence-corrected chi connectivity index (χ3v) is 3.81. The second-order valence-electron chi connectivity index (χ2n) is 4.81. The minimum absolute atomic E-state index is 0.107. The Balaban J connectivity index is 2.25. The summed E-state index contributed by atoms with van der Waals surface area (Å²) < 4.78 is 10.3. The number of ether oxygens (including phenoxy) is 2. The third kappa shape index (κ3) is 3.11. The van der Waals surface area contributed by atoms with Gasteiger partial charge in [-0.2, -0.15) is 0 Å². The van der Waals surface area contributed by atoms with Gasteiger partial charge in [0.1, 0.15) is 11.7 Å². The Morgan fingerprint density at radius 1 is 1.43 bits per heavy atom. The molecule has 21 heavy (non-hydrogen) atoms. The van der Waals surface area contributed by atoms with Crippen LogP contribution in [0.25, 0.3) is 0 Å². The monoisotopic (exact) mass is 313 g/mol. The van der Waals surface area contributed by atoms with Crippen molar-refractivity contribution in [3.8, 4) is 5.75 Å². The molecule has 0 spiro atoms. The summed E-state index contributed by atoms with van der Waals surface area (Å²) in [5, 5.41) is 9.62. The number of carboxylic acids is 1. The first kappa shape index (κ1) is 15.6. The lowest BCUT2D eigenvalue weighted by molar-refractivity contribution is -0.142. The van der Waals surface area contributed by atoms with Crippen LogP contribution in [-0.2, 0) is 9.53 Å². The molecule has 0 aliphatic carbocycles. The largest absolute Gasteiger partial charge is 0.496 e. The van der Waals surface area contributed by atoms with E-state index >= 15 is 0 Å². The first-order valence-electron chi connectivity index (χ1n) is 6.37. The van der Waals surface area contributed by atoms with Gasteiger partial charge in [-0.05, 0) is 18.2 Å². The molecule has 0 aromatic heterocycles. The van der Waals surface area contributed by atoms with E-state index in [2.05, 4.69) is 0 Å². The molecule has 1 saturated heterocycles. The Morgan fingerprint density at radius 3 is 2.76 bits per heavy atom. The molecule has 7 heteroatoms. The van der Waals surface area contributed by atoms with Gasteiger partial charge in [0.05, 0.1) is 31.9 Å². The lowest BCUT2D eigenvalue weighted by atomic mass is 10.0. The molecule has 1 aromatic carbocycles. The number of aliphatic carboxylic acids is 1. The number of carbonyl (C=O) groups excluding carboxylic acids is 1. The zero-order valence-corrected chi connectivity index (χ0v) is 12.5. The number of likely N-dealkylation sites (N-methyl/N-ethyl adjacent to an activating group) is 1. The van der Waals surface area contributed by atoms with Crippen LogP contribution >= 0.6 is 11.6 Å². The van der Waals surface area contributed by atoms with E-state index in [1.165, 1.54) is 12.0 Å². The molecular weight excluding hydrogens is 298 g/mol. The minimum atomic E-state index is -0.972. The first-order valence-corrected chi connectivity index (χ1v) is 6.74. The number of hydrogen-bond acceptors (Lipinski definition) is 4. The summed E-state index contributed by atoms with van der Waals surface area (Å²) in [4.78, 5) is 25.1. The topological polar surface area (TPSA) is 76.1 Å². The highest BCUT2D eigenvalue weighted by atomic mass is 35.5. The number of benzene rings is 1. The van der Waals surface area contributed by atoms with E-state index in [-0.39, 0.29) is 19.1 Å². The van der Waals surface area contributed by atoms with Gasteiger partial charge in [-0.15, -0.1) is 0 Å². The fourth-order valence-corrected chi connectivity index (χ4v) is 2.51. The highest BCUT2D eigenvalue weighted by Crippen LogP contribution is 2.27. The normalized spacial score (nSPS) is 21.1. The maximum Gasteiger partial charge on any atom is 0.311 e. The predicted octanol–water partition coefficient (Wildman–Crippen LogP) is 1.52. The molecule has 2 unspecified atom stereocenters. The summed E-state index contributed by atoms with van der Waals surface area (Å²) in [5.74, 6) is -1.67. The zero-order valence-electron chi connectivity index (χ0n) is 11.7. The molecule has 0 saturated carbocycles. The molecule has 2 rings (SSSR count). The van der Waals surface area contributed by atoms with Crippen molar-refractivity contribution in [2.75, 3.05) is 27.4 Å². The van der Waals surface area contributed by atoms with Gasteiger partial charge in [0.15, 0.2) is 0 Å². The maximum atomic E-state index is 12.5. The number of carboxylic acid groups (broad SMARTS) is 1. The Morgan fingerprint density at radius 2 is 2.14 bits per heavy atom. The number of methoxy groups -OCH3 is 1. The van der Waals surface area contributed by atoms with Crippen molar-refractivity contribution in [2.45, 2.75) is 6.04 Å². The molecule has 1 fully saturated rings. The van der Waals surface area contributed by atoms with Gasteiger partial charge < -0.3 is 19.5 Å². The van der Waals surface area contributed by atoms with Crippen molar-refractivity contribution in [3.05, 3.63) is 28.8 Å². The highest BCUT2D eigenvalue weighted by Gasteiger charge is 2.39. The molecule has 1 N–H and O–H groups in total. The van der Waals surface area contributed by atoms with Crippen LogP contribution in [-0.4, -0.2) is 55.3 Å². The Kier molecular flexibility index (Phi) is 4.69. The molecule has 2 atom stereocenters. The van der Waals surface area contributed by atoms with Crippen molar-refractivity contribution in [3.63, 3.8) is 0 Å². The molecule has 1 aromatic rings. The number of halogens is 1. The van der Waals surface area contributed by atoms with Crippen molar-refractivity contribution >= 4 is 23.5 Å². The van der Waals surface area contributed by atoms with Gasteiger partial charge >= 0.3 is 5.97 Å². The summed E-state index contributed by atoms with van der Waals surface area (Å²) in [6.07, 6.45) is 0. The lowest BCUT2D eigenvalue weighted by Crippen LogP contribution is -2.44. The number of nitrogens with zero attached hydrogens (tertiary/aromatic N) is 1. The lowest BCUT2D eigenvalue weighted by Gasteiger charge is -2.27. The van der Waals surface area contributed by atoms with Crippen LogP contribution in [0.15, 0.2) is 18.2 Å². The Bertz CT molecular complexity index is 562. The molecule has 1 amide bonds. The van der Waals surface area contributed by atoms with E-state index in [9.17, 15) is 9.59 Å². The van der Waals surface area contributed by atoms with Crippen molar-refractivity contribution in [2.24, 2.45) is 5.92 Å². The molecule has 0 bridgehead atoms. The van der Waals surface area contributed by atoms with Crippen LogP contribution in [0.5, 0.6) is 5.75 Å². The van der Waals surface area contributed by atoms with Crippen molar-refractivity contribution in [1.29, 1.82) is 0 Å². The maximum absolute atomic E-state index is 12.5.